The largest absolute Gasteiger partial charge is 0.321 e. The minimum Gasteiger partial charge on any atom is -0.321 e. The van der Waals surface area contributed by atoms with E-state index in [1.807, 2.05) is 4.68 Å². The number of tetrazole rings is 1. The molecule has 2 aromatic heterocycles. The van der Waals surface area contributed by atoms with Gasteiger partial charge < -0.3 is 4.98 Å². The Kier molecular flexibility index (Phi) is 5.97. The molecule has 166 valence electrons. The van der Waals surface area contributed by atoms with Gasteiger partial charge in [-0.25, -0.2) is 4.68 Å². The summed E-state index contributed by atoms with van der Waals surface area (Å²) in [5.41, 5.74) is 3.87. The maximum Gasteiger partial charge on any atom is 0.252 e. The summed E-state index contributed by atoms with van der Waals surface area (Å²) in [7, 11) is 0. The molecular formula is C24H34N6O. The van der Waals surface area contributed by atoms with Crippen LogP contribution in [-0.4, -0.2) is 36.1 Å². The number of fused-ring (bicyclic) bond motifs is 1. The van der Waals surface area contributed by atoms with E-state index >= 15 is 0 Å². The number of aromatic amines is 1. The molecule has 1 aliphatic carbocycles. The van der Waals surface area contributed by atoms with Gasteiger partial charge in [0.25, 0.3) is 5.56 Å². The van der Waals surface area contributed by atoms with Gasteiger partial charge in [0.1, 0.15) is 0 Å². The fraction of sp³-hybridized carbons (Fsp3) is 0.583. The van der Waals surface area contributed by atoms with Crippen LogP contribution in [0.1, 0.15) is 75.4 Å². The Morgan fingerprint density at radius 1 is 1.13 bits per heavy atom. The molecular weight excluding hydrogens is 388 g/mol. The van der Waals surface area contributed by atoms with Gasteiger partial charge in [-0.15, -0.1) is 5.10 Å². The average Bonchev–Trinajstić information content (AvgIpc) is 3.21. The van der Waals surface area contributed by atoms with Gasteiger partial charge in [-0.1, -0.05) is 31.4 Å². The van der Waals surface area contributed by atoms with Crippen molar-refractivity contribution in [1.82, 2.24) is 30.1 Å². The Balaban J connectivity index is 1.68. The van der Waals surface area contributed by atoms with E-state index in [1.54, 1.807) is 0 Å². The number of aromatic nitrogens is 5. The third kappa shape index (κ3) is 4.56. The van der Waals surface area contributed by atoms with Crippen molar-refractivity contribution in [2.45, 2.75) is 91.4 Å². The first-order valence-electron chi connectivity index (χ1n) is 11.4. The van der Waals surface area contributed by atoms with Crippen molar-refractivity contribution in [2.24, 2.45) is 0 Å². The van der Waals surface area contributed by atoms with Gasteiger partial charge in [-0.2, -0.15) is 0 Å². The van der Waals surface area contributed by atoms with Crippen LogP contribution in [0, 0.1) is 13.8 Å². The molecule has 2 heterocycles. The third-order valence-corrected chi connectivity index (χ3v) is 6.61. The van der Waals surface area contributed by atoms with Crippen molar-refractivity contribution in [1.29, 1.82) is 0 Å². The summed E-state index contributed by atoms with van der Waals surface area (Å²) in [5, 5.41) is 13.6. The molecule has 0 saturated heterocycles. The van der Waals surface area contributed by atoms with E-state index < -0.39 is 0 Å². The molecule has 3 aromatic rings. The Hall–Kier alpha value is -2.54. The molecule has 1 aromatic carbocycles. The minimum atomic E-state index is -0.188. The second kappa shape index (κ2) is 8.54. The highest BCUT2D eigenvalue weighted by Crippen LogP contribution is 2.26. The number of H-pyrrole nitrogens is 1. The van der Waals surface area contributed by atoms with Crippen LogP contribution < -0.4 is 5.56 Å². The summed E-state index contributed by atoms with van der Waals surface area (Å²) < 4.78 is 1.90. The second-order valence-corrected chi connectivity index (χ2v) is 9.97. The Bertz CT molecular complexity index is 1120. The number of aryl methyl sites for hydroxylation is 2. The summed E-state index contributed by atoms with van der Waals surface area (Å²) in [6.45, 7) is 11.7. The monoisotopic (exact) mass is 422 g/mol. The van der Waals surface area contributed by atoms with Crippen molar-refractivity contribution in [3.8, 4) is 0 Å². The van der Waals surface area contributed by atoms with E-state index in [2.05, 4.69) is 78.2 Å². The first-order valence-corrected chi connectivity index (χ1v) is 11.4. The van der Waals surface area contributed by atoms with Crippen LogP contribution in [0.15, 0.2) is 23.0 Å². The zero-order chi connectivity index (χ0) is 22.2. The lowest BCUT2D eigenvalue weighted by Gasteiger charge is -2.34. The topological polar surface area (TPSA) is 79.7 Å². The number of rotatable bonds is 5. The number of hydrogen-bond acceptors (Lipinski definition) is 5. The first kappa shape index (κ1) is 21.7. The van der Waals surface area contributed by atoms with Crippen LogP contribution in [0.4, 0.5) is 0 Å². The van der Waals surface area contributed by atoms with Crippen LogP contribution in [0.25, 0.3) is 10.9 Å². The van der Waals surface area contributed by atoms with Crippen molar-refractivity contribution < 1.29 is 0 Å². The third-order valence-electron chi connectivity index (χ3n) is 6.61. The van der Waals surface area contributed by atoms with Crippen LogP contribution in [-0.2, 0) is 18.6 Å². The number of nitrogens with zero attached hydrogens (tertiary/aromatic N) is 5. The van der Waals surface area contributed by atoms with E-state index in [1.165, 1.54) is 24.8 Å². The molecule has 1 aliphatic rings. The lowest BCUT2D eigenvalue weighted by molar-refractivity contribution is 0.130. The molecule has 0 atom stereocenters. The van der Waals surface area contributed by atoms with E-state index in [4.69, 9.17) is 0 Å². The van der Waals surface area contributed by atoms with Crippen LogP contribution in [0.3, 0.4) is 0 Å². The molecule has 0 spiro atoms. The minimum absolute atomic E-state index is 0.00239. The summed E-state index contributed by atoms with van der Waals surface area (Å²) in [5.74, 6) is 0.849. The summed E-state index contributed by atoms with van der Waals surface area (Å²) in [4.78, 5) is 18.6. The molecule has 1 saturated carbocycles. The maximum absolute atomic E-state index is 13.0. The van der Waals surface area contributed by atoms with E-state index in [0.717, 1.165) is 40.7 Å². The molecule has 1 N–H and O–H groups in total. The molecule has 7 nitrogen and oxygen atoms in total. The highest BCUT2D eigenvalue weighted by molar-refractivity contribution is 5.83. The van der Waals surface area contributed by atoms with Gasteiger partial charge in [0, 0.05) is 18.2 Å². The summed E-state index contributed by atoms with van der Waals surface area (Å²) >= 11 is 0. The van der Waals surface area contributed by atoms with E-state index in [0.29, 0.717) is 19.1 Å². The smallest absolute Gasteiger partial charge is 0.252 e. The predicted molar refractivity (Wildman–Crippen MR) is 123 cm³/mol. The van der Waals surface area contributed by atoms with Crippen LogP contribution in [0.2, 0.25) is 0 Å². The van der Waals surface area contributed by atoms with Gasteiger partial charge in [0.15, 0.2) is 5.82 Å². The van der Waals surface area contributed by atoms with E-state index in [-0.39, 0.29) is 11.1 Å². The fourth-order valence-corrected chi connectivity index (χ4v) is 4.67. The fourth-order valence-electron chi connectivity index (χ4n) is 4.67. The standard InChI is InChI=1S/C24H34N6O/c1-16-11-12-18-13-19(23(31)25-22(18)17(16)2)14-29(20-9-7-6-8-10-20)15-21-26-27-28-30(21)24(3,4)5/h11-13,20H,6-10,14-15H2,1-5H3,(H,25,31). The van der Waals surface area contributed by atoms with Gasteiger partial charge in [0.2, 0.25) is 0 Å². The van der Waals surface area contributed by atoms with Crippen LogP contribution in [0.5, 0.6) is 0 Å². The van der Waals surface area contributed by atoms with Gasteiger partial charge in [0.05, 0.1) is 17.6 Å². The lowest BCUT2D eigenvalue weighted by atomic mass is 9.93. The Morgan fingerprint density at radius 3 is 2.58 bits per heavy atom. The molecule has 1 fully saturated rings. The summed E-state index contributed by atoms with van der Waals surface area (Å²) in [6.07, 6.45) is 6.07. The Labute approximate surface area is 183 Å². The quantitative estimate of drug-likeness (QED) is 0.666. The zero-order valence-electron chi connectivity index (χ0n) is 19.4. The summed E-state index contributed by atoms with van der Waals surface area (Å²) in [6, 6.07) is 6.72. The van der Waals surface area contributed by atoms with Crippen molar-refractivity contribution in [3.05, 3.63) is 51.1 Å². The predicted octanol–water partition coefficient (Wildman–Crippen LogP) is 4.22. The lowest BCUT2D eigenvalue weighted by Crippen LogP contribution is -2.39. The van der Waals surface area contributed by atoms with Gasteiger partial charge >= 0.3 is 0 Å². The number of pyridine rings is 1. The molecule has 0 amide bonds. The van der Waals surface area contributed by atoms with Gasteiger partial charge in [-0.05, 0) is 80.5 Å². The molecule has 0 bridgehead atoms. The number of nitrogens with one attached hydrogen (secondary N) is 1. The highest BCUT2D eigenvalue weighted by Gasteiger charge is 2.27. The normalized spacial score (nSPS) is 15.8. The molecule has 4 rings (SSSR count). The maximum atomic E-state index is 13.0. The molecule has 31 heavy (non-hydrogen) atoms. The van der Waals surface area contributed by atoms with Crippen molar-refractivity contribution in [2.75, 3.05) is 0 Å². The van der Waals surface area contributed by atoms with Crippen molar-refractivity contribution in [3.63, 3.8) is 0 Å². The van der Waals surface area contributed by atoms with Gasteiger partial charge in [-0.3, -0.25) is 9.69 Å². The molecule has 7 heteroatoms. The zero-order valence-corrected chi connectivity index (χ0v) is 19.4. The second-order valence-electron chi connectivity index (χ2n) is 9.97. The average molecular weight is 423 g/mol. The highest BCUT2D eigenvalue weighted by atomic mass is 16.1. The van der Waals surface area contributed by atoms with Crippen LogP contribution >= 0.6 is 0 Å². The number of hydrogen-bond donors (Lipinski definition) is 1. The molecule has 0 aliphatic heterocycles. The molecule has 0 radical (unpaired) electrons. The van der Waals surface area contributed by atoms with Crippen molar-refractivity contribution >= 4 is 10.9 Å². The first-order chi connectivity index (χ1) is 14.7. The number of benzene rings is 1. The Morgan fingerprint density at radius 2 is 1.87 bits per heavy atom. The SMILES string of the molecule is Cc1ccc2cc(CN(Cc3nnnn3C(C)(C)C)C3CCCCC3)c(=O)[nH]c2c1C. The molecule has 0 unspecified atom stereocenters. The van der Waals surface area contributed by atoms with E-state index in [9.17, 15) is 4.79 Å².